The maximum atomic E-state index is 6.69. The van der Waals surface area contributed by atoms with Crippen LogP contribution in [0.4, 0.5) is 0 Å². The number of fused-ring (bicyclic) bond motifs is 11. The highest BCUT2D eigenvalue weighted by molar-refractivity contribution is 6.22. The summed E-state index contributed by atoms with van der Waals surface area (Å²) in [6, 6.07) is 61.3. The summed E-state index contributed by atoms with van der Waals surface area (Å²) < 4.78 is 11.5. The molecule has 0 amide bonds. The van der Waals surface area contributed by atoms with Crippen molar-refractivity contribution < 1.29 is 4.42 Å². The fourth-order valence-electron chi connectivity index (χ4n) is 8.12. The first-order valence-electron chi connectivity index (χ1n) is 16.8. The molecular weight excluding hydrogens is 597 g/mol. The number of hydrogen-bond acceptors (Lipinski definition) is 1. The van der Waals surface area contributed by atoms with Gasteiger partial charge in [0.05, 0.1) is 27.8 Å². The zero-order valence-electron chi connectivity index (χ0n) is 26.5. The molecule has 0 unspecified atom stereocenters. The van der Waals surface area contributed by atoms with Crippen molar-refractivity contribution >= 4 is 76.3 Å². The van der Waals surface area contributed by atoms with Crippen LogP contribution in [-0.2, 0) is 0 Å². The van der Waals surface area contributed by atoms with E-state index in [1.165, 1.54) is 60.2 Å². The maximum absolute atomic E-state index is 6.69. The molecule has 3 heterocycles. The highest BCUT2D eigenvalue weighted by atomic mass is 16.3. The van der Waals surface area contributed by atoms with Gasteiger partial charge >= 0.3 is 0 Å². The third-order valence-electron chi connectivity index (χ3n) is 10.3. The smallest absolute Gasteiger partial charge is 0.160 e. The monoisotopic (exact) mass is 624 g/mol. The summed E-state index contributed by atoms with van der Waals surface area (Å²) in [5, 5.41) is 9.58. The lowest BCUT2D eigenvalue weighted by molar-refractivity contribution is 0.671. The van der Waals surface area contributed by atoms with Gasteiger partial charge in [-0.25, -0.2) is 0 Å². The van der Waals surface area contributed by atoms with E-state index in [0.717, 1.165) is 38.7 Å². The SMILES string of the molecule is c1ccc(-n2c3ccccc3c3cc(-c4ccc5c(c4)c4ccc6c7ccccc7oc6c4n5-c4cccc5ccccc45)ccc32)cc1. The van der Waals surface area contributed by atoms with Crippen molar-refractivity contribution in [1.29, 1.82) is 0 Å². The van der Waals surface area contributed by atoms with E-state index in [4.69, 9.17) is 4.42 Å². The molecule has 11 rings (SSSR count). The second-order valence-corrected chi connectivity index (χ2v) is 12.9. The lowest BCUT2D eigenvalue weighted by Gasteiger charge is -2.12. The molecule has 0 saturated carbocycles. The van der Waals surface area contributed by atoms with Crippen molar-refractivity contribution in [3.63, 3.8) is 0 Å². The Balaban J connectivity index is 1.20. The van der Waals surface area contributed by atoms with Crippen LogP contribution in [0.2, 0.25) is 0 Å². The van der Waals surface area contributed by atoms with Gasteiger partial charge in [0.1, 0.15) is 5.58 Å². The number of para-hydroxylation sites is 3. The molecule has 11 aromatic rings. The second kappa shape index (κ2) is 9.96. The molecule has 8 aromatic carbocycles. The van der Waals surface area contributed by atoms with Gasteiger partial charge in [-0.2, -0.15) is 0 Å². The number of hydrogen-bond donors (Lipinski definition) is 0. The van der Waals surface area contributed by atoms with Crippen molar-refractivity contribution in [2.45, 2.75) is 0 Å². The molecule has 0 bridgehead atoms. The van der Waals surface area contributed by atoms with Gasteiger partial charge in [-0.1, -0.05) is 109 Å². The van der Waals surface area contributed by atoms with Crippen LogP contribution >= 0.6 is 0 Å². The molecule has 0 aliphatic carbocycles. The molecule has 0 aliphatic rings. The molecule has 3 heteroatoms. The number of benzene rings is 8. The molecule has 228 valence electrons. The minimum absolute atomic E-state index is 0.906. The third kappa shape index (κ3) is 3.73. The summed E-state index contributed by atoms with van der Waals surface area (Å²) in [7, 11) is 0. The first-order valence-corrected chi connectivity index (χ1v) is 16.8. The molecule has 0 aliphatic heterocycles. The predicted molar refractivity (Wildman–Crippen MR) is 205 cm³/mol. The lowest BCUT2D eigenvalue weighted by Crippen LogP contribution is -1.95. The Labute approximate surface area is 281 Å². The van der Waals surface area contributed by atoms with Crippen molar-refractivity contribution in [3.05, 3.63) is 170 Å². The summed E-state index contributed by atoms with van der Waals surface area (Å²) in [4.78, 5) is 0. The first kappa shape index (κ1) is 26.5. The molecule has 0 N–H and O–H groups in total. The summed E-state index contributed by atoms with van der Waals surface area (Å²) in [6.07, 6.45) is 0. The largest absolute Gasteiger partial charge is 0.454 e. The quantitative estimate of drug-likeness (QED) is 0.192. The first-order chi connectivity index (χ1) is 24.3. The van der Waals surface area contributed by atoms with Crippen LogP contribution in [0.25, 0.3) is 98.8 Å². The Bertz CT molecular complexity index is 3100. The number of nitrogens with zero attached hydrogens (tertiary/aromatic N) is 2. The van der Waals surface area contributed by atoms with Crippen molar-refractivity contribution in [2.24, 2.45) is 0 Å². The van der Waals surface area contributed by atoms with Crippen LogP contribution in [0.15, 0.2) is 174 Å². The highest BCUT2D eigenvalue weighted by Gasteiger charge is 2.21. The van der Waals surface area contributed by atoms with Crippen molar-refractivity contribution in [2.75, 3.05) is 0 Å². The van der Waals surface area contributed by atoms with Crippen LogP contribution in [0.5, 0.6) is 0 Å². The van der Waals surface area contributed by atoms with E-state index in [9.17, 15) is 0 Å². The summed E-state index contributed by atoms with van der Waals surface area (Å²) in [6.45, 7) is 0. The zero-order chi connectivity index (χ0) is 32.1. The fraction of sp³-hybridized carbons (Fsp3) is 0. The number of furan rings is 1. The Morgan fingerprint density at radius 3 is 1.82 bits per heavy atom. The third-order valence-corrected chi connectivity index (χ3v) is 10.3. The average Bonchev–Trinajstić information content (AvgIpc) is 3.82. The minimum atomic E-state index is 0.906. The summed E-state index contributed by atoms with van der Waals surface area (Å²) in [5.41, 5.74) is 11.2. The Morgan fingerprint density at radius 2 is 0.980 bits per heavy atom. The predicted octanol–water partition coefficient (Wildman–Crippen LogP) is 12.6. The van der Waals surface area contributed by atoms with E-state index in [1.807, 2.05) is 6.07 Å². The molecule has 0 saturated heterocycles. The van der Waals surface area contributed by atoms with E-state index >= 15 is 0 Å². The van der Waals surface area contributed by atoms with E-state index in [1.54, 1.807) is 0 Å². The van der Waals surface area contributed by atoms with Crippen LogP contribution in [-0.4, -0.2) is 9.13 Å². The van der Waals surface area contributed by atoms with Gasteiger partial charge in [-0.3, -0.25) is 0 Å². The Kier molecular flexibility index (Phi) is 5.38. The van der Waals surface area contributed by atoms with Crippen molar-refractivity contribution in [3.8, 4) is 22.5 Å². The van der Waals surface area contributed by atoms with E-state index in [2.05, 4.69) is 173 Å². The molecular formula is C46H28N2O. The highest BCUT2D eigenvalue weighted by Crippen LogP contribution is 2.43. The maximum Gasteiger partial charge on any atom is 0.160 e. The van der Waals surface area contributed by atoms with Gasteiger partial charge in [-0.05, 0) is 77.2 Å². The second-order valence-electron chi connectivity index (χ2n) is 12.9. The zero-order valence-corrected chi connectivity index (χ0v) is 26.5. The van der Waals surface area contributed by atoms with Gasteiger partial charge < -0.3 is 13.6 Å². The molecule has 0 atom stereocenters. The molecule has 0 spiro atoms. The van der Waals surface area contributed by atoms with E-state index in [-0.39, 0.29) is 0 Å². The average molecular weight is 625 g/mol. The molecule has 3 nitrogen and oxygen atoms in total. The van der Waals surface area contributed by atoms with E-state index in [0.29, 0.717) is 0 Å². The number of rotatable bonds is 3. The molecule has 0 radical (unpaired) electrons. The van der Waals surface area contributed by atoms with Gasteiger partial charge in [0, 0.05) is 43.4 Å². The molecule has 3 aromatic heterocycles. The van der Waals surface area contributed by atoms with Gasteiger partial charge in [-0.15, -0.1) is 0 Å². The Morgan fingerprint density at radius 1 is 0.367 bits per heavy atom. The van der Waals surface area contributed by atoms with Crippen molar-refractivity contribution in [1.82, 2.24) is 9.13 Å². The van der Waals surface area contributed by atoms with Crippen LogP contribution < -0.4 is 0 Å². The van der Waals surface area contributed by atoms with Gasteiger partial charge in [0.15, 0.2) is 5.58 Å². The fourth-order valence-corrected chi connectivity index (χ4v) is 8.12. The number of aromatic nitrogens is 2. The normalized spacial score (nSPS) is 12.1. The van der Waals surface area contributed by atoms with Crippen LogP contribution in [0, 0.1) is 0 Å². The van der Waals surface area contributed by atoms with Gasteiger partial charge in [0.25, 0.3) is 0 Å². The molecule has 0 fully saturated rings. The Hall–Kier alpha value is -6.58. The summed E-state index contributed by atoms with van der Waals surface area (Å²) in [5.74, 6) is 0. The minimum Gasteiger partial charge on any atom is -0.454 e. The van der Waals surface area contributed by atoms with Gasteiger partial charge in [0.2, 0.25) is 0 Å². The molecule has 49 heavy (non-hydrogen) atoms. The van der Waals surface area contributed by atoms with E-state index < -0.39 is 0 Å². The van der Waals surface area contributed by atoms with Crippen LogP contribution in [0.1, 0.15) is 0 Å². The summed E-state index contributed by atoms with van der Waals surface area (Å²) >= 11 is 0. The standard InChI is InChI=1S/C46H28N2O/c1-2-13-32(14-3-1)47-41-18-8-6-16-34(41)38-27-30(21-25-42(38)47)31-22-26-43-39(28-31)36-23-24-37-35-17-7-9-20-44(35)49-46(37)45(36)48(43)40-19-10-12-29-11-4-5-15-33(29)40/h1-28H. The lowest BCUT2D eigenvalue weighted by atomic mass is 10.0. The topological polar surface area (TPSA) is 23.0 Å². The van der Waals surface area contributed by atoms with Crippen LogP contribution in [0.3, 0.4) is 0 Å².